The second-order valence-corrected chi connectivity index (χ2v) is 9.16. The van der Waals surface area contributed by atoms with E-state index in [1.165, 1.54) is 0 Å². The normalized spacial score (nSPS) is 21.9. The Labute approximate surface area is 185 Å². The second kappa shape index (κ2) is 11.3. The third-order valence-electron chi connectivity index (χ3n) is 5.32. The van der Waals surface area contributed by atoms with Crippen LogP contribution in [0.5, 0.6) is 0 Å². The highest BCUT2D eigenvalue weighted by Gasteiger charge is 2.29. The van der Waals surface area contributed by atoms with Gasteiger partial charge in [0.15, 0.2) is 5.96 Å². The molecule has 1 aromatic rings. The summed E-state index contributed by atoms with van der Waals surface area (Å²) in [4.78, 5) is 4.65. The van der Waals surface area contributed by atoms with Gasteiger partial charge in [0.25, 0.3) is 0 Å². The lowest BCUT2D eigenvalue weighted by atomic mass is 9.98. The predicted molar refractivity (Wildman–Crippen MR) is 122 cm³/mol. The van der Waals surface area contributed by atoms with Gasteiger partial charge in [-0.3, -0.25) is 4.99 Å². The molecule has 2 heterocycles. The highest BCUT2D eigenvalue weighted by atomic mass is 127. The molecular weight excluding hydrogens is 491 g/mol. The van der Waals surface area contributed by atoms with Crippen molar-refractivity contribution in [1.82, 2.24) is 14.9 Å². The maximum atomic E-state index is 12.7. The first-order valence-electron chi connectivity index (χ1n) is 9.67. The summed E-state index contributed by atoms with van der Waals surface area (Å²) in [5, 5.41) is 6.74. The molecule has 3 rings (SSSR count). The van der Waals surface area contributed by atoms with Crippen LogP contribution in [0.2, 0.25) is 0 Å². The molecule has 0 aromatic heterocycles. The van der Waals surface area contributed by atoms with Crippen LogP contribution in [-0.4, -0.2) is 65.1 Å². The fraction of sp³-hybridized carbons (Fsp3) is 0.632. The molecule has 2 aliphatic rings. The van der Waals surface area contributed by atoms with E-state index in [0.717, 1.165) is 51.5 Å². The topological polar surface area (TPSA) is 83.0 Å². The first kappa shape index (κ1) is 23.4. The summed E-state index contributed by atoms with van der Waals surface area (Å²) in [5.41, 5.74) is 0. The minimum absolute atomic E-state index is 0. The van der Waals surface area contributed by atoms with Gasteiger partial charge in [-0.25, -0.2) is 8.42 Å². The lowest BCUT2D eigenvalue weighted by molar-refractivity contribution is 0.186. The minimum atomic E-state index is -3.37. The van der Waals surface area contributed by atoms with Crippen LogP contribution >= 0.6 is 24.0 Å². The second-order valence-electron chi connectivity index (χ2n) is 7.22. The number of hydrogen-bond acceptors (Lipinski definition) is 4. The Balaban J connectivity index is 0.00000280. The van der Waals surface area contributed by atoms with Gasteiger partial charge in [0.05, 0.1) is 11.5 Å². The number of guanidine groups is 1. The van der Waals surface area contributed by atoms with Crippen molar-refractivity contribution in [2.75, 3.05) is 46.4 Å². The summed E-state index contributed by atoms with van der Waals surface area (Å²) in [6, 6.07) is 8.68. The van der Waals surface area contributed by atoms with Crippen LogP contribution in [0.1, 0.15) is 19.3 Å². The Morgan fingerprint density at radius 2 is 1.75 bits per heavy atom. The Morgan fingerprint density at radius 1 is 1.11 bits per heavy atom. The van der Waals surface area contributed by atoms with E-state index in [-0.39, 0.29) is 24.0 Å². The summed E-state index contributed by atoms with van der Waals surface area (Å²) < 4.78 is 32.4. The largest absolute Gasteiger partial charge is 0.381 e. The zero-order valence-corrected chi connectivity index (χ0v) is 19.5. The Bertz CT molecular complexity index is 716. The van der Waals surface area contributed by atoms with Gasteiger partial charge in [-0.2, -0.15) is 4.31 Å². The van der Waals surface area contributed by atoms with Crippen molar-refractivity contribution in [3.05, 3.63) is 30.3 Å². The predicted octanol–water partition coefficient (Wildman–Crippen LogP) is 1.91. The van der Waals surface area contributed by atoms with Crippen molar-refractivity contribution in [1.29, 1.82) is 0 Å². The van der Waals surface area contributed by atoms with E-state index in [4.69, 9.17) is 4.74 Å². The summed E-state index contributed by atoms with van der Waals surface area (Å²) >= 11 is 0. The zero-order valence-electron chi connectivity index (χ0n) is 16.3. The lowest BCUT2D eigenvalue weighted by Gasteiger charge is -2.31. The van der Waals surface area contributed by atoms with Gasteiger partial charge < -0.3 is 15.4 Å². The molecule has 0 radical (unpaired) electrons. The number of halogens is 1. The molecule has 0 spiro atoms. The van der Waals surface area contributed by atoms with Crippen LogP contribution in [0.25, 0.3) is 0 Å². The maximum absolute atomic E-state index is 12.7. The quantitative estimate of drug-likeness (QED) is 0.339. The summed E-state index contributed by atoms with van der Waals surface area (Å²) in [7, 11) is -1.60. The molecular formula is C19H31IN4O3S. The molecule has 158 valence electrons. The SMILES string of the molecule is CN=C(NCC1CCN(S(=O)(=O)c2ccccc2)CC1)NCC1CCOC1.I. The van der Waals surface area contributed by atoms with Crippen molar-refractivity contribution in [2.45, 2.75) is 24.2 Å². The van der Waals surface area contributed by atoms with Crippen molar-refractivity contribution in [3.63, 3.8) is 0 Å². The Hall–Kier alpha value is -0.910. The van der Waals surface area contributed by atoms with Gasteiger partial charge >= 0.3 is 0 Å². The molecule has 0 bridgehead atoms. The first-order chi connectivity index (χ1) is 13.1. The fourth-order valence-corrected chi connectivity index (χ4v) is 5.03. The van der Waals surface area contributed by atoms with Crippen LogP contribution in [0.15, 0.2) is 40.2 Å². The highest BCUT2D eigenvalue weighted by Crippen LogP contribution is 2.23. The van der Waals surface area contributed by atoms with Crippen LogP contribution in [-0.2, 0) is 14.8 Å². The number of hydrogen-bond donors (Lipinski definition) is 2. The maximum Gasteiger partial charge on any atom is 0.243 e. The average Bonchev–Trinajstić information content (AvgIpc) is 3.23. The Morgan fingerprint density at radius 3 is 2.32 bits per heavy atom. The molecule has 1 aromatic carbocycles. The van der Waals surface area contributed by atoms with Gasteiger partial charge in [-0.05, 0) is 37.3 Å². The molecule has 1 atom stereocenters. The third kappa shape index (κ3) is 6.30. The molecule has 0 aliphatic carbocycles. The molecule has 7 nitrogen and oxygen atoms in total. The number of nitrogens with one attached hydrogen (secondary N) is 2. The van der Waals surface area contributed by atoms with Crippen molar-refractivity contribution in [3.8, 4) is 0 Å². The van der Waals surface area contributed by atoms with E-state index < -0.39 is 10.0 Å². The number of rotatable bonds is 6. The summed E-state index contributed by atoms with van der Waals surface area (Å²) in [6.07, 6.45) is 2.80. The van der Waals surface area contributed by atoms with Crippen molar-refractivity contribution < 1.29 is 13.2 Å². The van der Waals surface area contributed by atoms with E-state index >= 15 is 0 Å². The minimum Gasteiger partial charge on any atom is -0.381 e. The number of nitrogens with zero attached hydrogens (tertiary/aromatic N) is 2. The number of ether oxygens (including phenoxy) is 1. The molecule has 2 fully saturated rings. The number of sulfonamides is 1. The van der Waals surface area contributed by atoms with E-state index in [1.807, 2.05) is 6.07 Å². The van der Waals surface area contributed by atoms with Crippen LogP contribution < -0.4 is 10.6 Å². The lowest BCUT2D eigenvalue weighted by Crippen LogP contribution is -2.45. The molecule has 2 N–H and O–H groups in total. The van der Waals surface area contributed by atoms with Crippen molar-refractivity contribution >= 4 is 40.0 Å². The van der Waals surface area contributed by atoms with Gasteiger partial charge in [0.2, 0.25) is 10.0 Å². The molecule has 2 saturated heterocycles. The number of aliphatic imine (C=N–C) groups is 1. The summed E-state index contributed by atoms with van der Waals surface area (Å²) in [6.45, 7) is 4.47. The van der Waals surface area contributed by atoms with E-state index in [1.54, 1.807) is 35.6 Å². The van der Waals surface area contributed by atoms with Crippen LogP contribution in [0.4, 0.5) is 0 Å². The Kier molecular flexibility index (Phi) is 9.45. The molecule has 28 heavy (non-hydrogen) atoms. The van der Waals surface area contributed by atoms with Crippen LogP contribution in [0, 0.1) is 11.8 Å². The molecule has 2 aliphatic heterocycles. The van der Waals surface area contributed by atoms with Gasteiger partial charge in [-0.15, -0.1) is 24.0 Å². The fourth-order valence-electron chi connectivity index (χ4n) is 3.54. The summed E-state index contributed by atoms with van der Waals surface area (Å²) in [5.74, 6) is 1.80. The third-order valence-corrected chi connectivity index (χ3v) is 7.23. The molecule has 0 amide bonds. The number of benzene rings is 1. The molecule has 0 saturated carbocycles. The standard InChI is InChI=1S/C19H30N4O3S.HI/c1-20-19(22-14-17-9-12-26-15-17)21-13-16-7-10-23(11-8-16)27(24,25)18-5-3-2-4-6-18;/h2-6,16-17H,7-15H2,1H3,(H2,20,21,22);1H. The molecule has 9 heteroatoms. The monoisotopic (exact) mass is 522 g/mol. The number of piperidine rings is 1. The zero-order chi connectivity index (χ0) is 19.1. The van der Waals surface area contributed by atoms with E-state index in [9.17, 15) is 8.42 Å². The average molecular weight is 522 g/mol. The van der Waals surface area contributed by atoms with E-state index in [2.05, 4.69) is 15.6 Å². The van der Waals surface area contributed by atoms with Gasteiger partial charge in [0, 0.05) is 45.8 Å². The van der Waals surface area contributed by atoms with Crippen LogP contribution in [0.3, 0.4) is 0 Å². The van der Waals surface area contributed by atoms with E-state index in [0.29, 0.717) is 29.8 Å². The first-order valence-corrected chi connectivity index (χ1v) is 11.1. The van der Waals surface area contributed by atoms with Gasteiger partial charge in [0.1, 0.15) is 0 Å². The smallest absolute Gasteiger partial charge is 0.243 e. The molecule has 1 unspecified atom stereocenters. The van der Waals surface area contributed by atoms with Gasteiger partial charge in [-0.1, -0.05) is 18.2 Å². The highest BCUT2D eigenvalue weighted by molar-refractivity contribution is 14.0. The van der Waals surface area contributed by atoms with Crippen molar-refractivity contribution in [2.24, 2.45) is 16.8 Å².